The van der Waals surface area contributed by atoms with Crippen molar-refractivity contribution in [2.45, 2.75) is 12.5 Å². The van der Waals surface area contributed by atoms with Gasteiger partial charge in [-0.05, 0) is 35.9 Å². The molecule has 0 aliphatic carbocycles. The van der Waals surface area contributed by atoms with Crippen molar-refractivity contribution in [3.8, 4) is 28.4 Å². The van der Waals surface area contributed by atoms with Gasteiger partial charge in [0.2, 0.25) is 0 Å². The molecular formula is C19H10F6NO2. The van der Waals surface area contributed by atoms with E-state index in [0.717, 1.165) is 30.3 Å². The molecule has 0 saturated heterocycles. The summed E-state index contributed by atoms with van der Waals surface area (Å²) in [6, 6.07) is 11.7. The number of hydrogen-bond acceptors (Lipinski definition) is 3. The number of nitrogens with zero attached hydrogens (tertiary/aromatic N) is 1. The quantitative estimate of drug-likeness (QED) is 0.486. The van der Waals surface area contributed by atoms with E-state index < -0.39 is 40.7 Å². The van der Waals surface area contributed by atoms with Gasteiger partial charge in [-0.1, -0.05) is 18.2 Å². The normalized spacial score (nSPS) is 11.9. The highest BCUT2D eigenvalue weighted by Crippen LogP contribution is 2.46. The van der Waals surface area contributed by atoms with Crippen LogP contribution >= 0.6 is 0 Å². The zero-order valence-electron chi connectivity index (χ0n) is 13.8. The fourth-order valence-corrected chi connectivity index (χ4v) is 2.46. The highest BCUT2D eigenvalue weighted by Gasteiger charge is 2.37. The van der Waals surface area contributed by atoms with Crippen LogP contribution in [0.25, 0.3) is 11.1 Å². The molecule has 9 heteroatoms. The zero-order valence-corrected chi connectivity index (χ0v) is 13.8. The first kappa shape index (κ1) is 19.5. The van der Waals surface area contributed by atoms with Crippen molar-refractivity contribution in [3.63, 3.8) is 0 Å². The summed E-state index contributed by atoms with van der Waals surface area (Å²) in [4.78, 5) is 3.76. The topological polar surface area (TPSA) is 31.4 Å². The number of pyridine rings is 1. The van der Waals surface area contributed by atoms with Crippen LogP contribution in [0.15, 0.2) is 60.9 Å². The number of benzene rings is 2. The summed E-state index contributed by atoms with van der Waals surface area (Å²) in [6.45, 7) is 0. The summed E-state index contributed by atoms with van der Waals surface area (Å²) >= 11 is 0. The standard InChI is InChI=1S/C19H10F6NO2/c20-18(21,22)15-8-2-1-6-13(15)14-7-3-9-16(17(14)28-19(23,24)25)27-12-5-4-10-26-11-12/h1-8,10-11H. The van der Waals surface area contributed by atoms with Crippen LogP contribution in [0.5, 0.6) is 17.2 Å². The van der Waals surface area contributed by atoms with E-state index in [2.05, 4.69) is 15.8 Å². The van der Waals surface area contributed by atoms with E-state index in [1.807, 2.05) is 0 Å². The Morgan fingerprint density at radius 2 is 1.61 bits per heavy atom. The molecule has 3 aromatic rings. The van der Waals surface area contributed by atoms with Crippen molar-refractivity contribution in [2.75, 3.05) is 0 Å². The van der Waals surface area contributed by atoms with Crippen molar-refractivity contribution < 1.29 is 35.8 Å². The predicted molar refractivity (Wildman–Crippen MR) is 86.7 cm³/mol. The van der Waals surface area contributed by atoms with Crippen molar-refractivity contribution >= 4 is 0 Å². The van der Waals surface area contributed by atoms with Crippen LogP contribution < -0.4 is 9.47 Å². The van der Waals surface area contributed by atoms with Gasteiger partial charge in [0.05, 0.1) is 11.8 Å². The first-order valence-electron chi connectivity index (χ1n) is 7.70. The number of alkyl halides is 6. The Balaban J connectivity index is 2.18. The third-order valence-corrected chi connectivity index (χ3v) is 3.51. The van der Waals surface area contributed by atoms with E-state index in [-0.39, 0.29) is 5.75 Å². The minimum atomic E-state index is -5.16. The lowest BCUT2D eigenvalue weighted by Gasteiger charge is -2.19. The van der Waals surface area contributed by atoms with Crippen molar-refractivity contribution in [3.05, 3.63) is 72.6 Å². The average Bonchev–Trinajstić information content (AvgIpc) is 2.62. The van der Waals surface area contributed by atoms with Gasteiger partial charge >= 0.3 is 12.5 Å². The lowest BCUT2D eigenvalue weighted by Crippen LogP contribution is -2.18. The van der Waals surface area contributed by atoms with Crippen LogP contribution in [-0.4, -0.2) is 11.3 Å². The van der Waals surface area contributed by atoms with Gasteiger partial charge in [-0.3, -0.25) is 4.98 Å². The molecule has 0 saturated carbocycles. The van der Waals surface area contributed by atoms with Crippen LogP contribution in [0.3, 0.4) is 0 Å². The lowest BCUT2D eigenvalue weighted by molar-refractivity contribution is -0.274. The van der Waals surface area contributed by atoms with E-state index in [0.29, 0.717) is 0 Å². The molecule has 1 radical (unpaired) electrons. The minimum Gasteiger partial charge on any atom is -0.451 e. The maximum atomic E-state index is 13.3. The molecule has 1 heterocycles. The van der Waals surface area contributed by atoms with E-state index in [9.17, 15) is 26.3 Å². The SMILES string of the molecule is FC(F)(F)Oc1c(Oc2cccnc2)[c]ccc1-c1ccccc1C(F)(F)F. The van der Waals surface area contributed by atoms with Gasteiger partial charge in [0.15, 0.2) is 11.5 Å². The molecule has 0 N–H and O–H groups in total. The molecule has 0 amide bonds. The fraction of sp³-hybridized carbons (Fsp3) is 0.105. The molecule has 28 heavy (non-hydrogen) atoms. The molecule has 0 atom stereocenters. The maximum absolute atomic E-state index is 13.3. The third-order valence-electron chi connectivity index (χ3n) is 3.51. The second-order valence-corrected chi connectivity index (χ2v) is 5.43. The molecule has 145 valence electrons. The second kappa shape index (κ2) is 7.41. The highest BCUT2D eigenvalue weighted by atomic mass is 19.4. The molecular weight excluding hydrogens is 388 g/mol. The van der Waals surface area contributed by atoms with Crippen LogP contribution in [0.1, 0.15) is 5.56 Å². The Hall–Kier alpha value is -3.23. The number of ether oxygens (including phenoxy) is 2. The molecule has 3 rings (SSSR count). The number of halogens is 6. The summed E-state index contributed by atoms with van der Waals surface area (Å²) in [7, 11) is 0. The smallest absolute Gasteiger partial charge is 0.451 e. The average molecular weight is 398 g/mol. The predicted octanol–water partition coefficient (Wildman–Crippen LogP) is 6.26. The Morgan fingerprint density at radius 1 is 0.857 bits per heavy atom. The molecule has 0 unspecified atom stereocenters. The van der Waals surface area contributed by atoms with Gasteiger partial charge in [-0.15, -0.1) is 13.2 Å². The van der Waals surface area contributed by atoms with E-state index in [1.54, 1.807) is 0 Å². The monoisotopic (exact) mass is 398 g/mol. The van der Waals surface area contributed by atoms with Crippen LogP contribution in [0.4, 0.5) is 26.3 Å². The number of hydrogen-bond donors (Lipinski definition) is 0. The minimum absolute atomic E-state index is 0.0621. The van der Waals surface area contributed by atoms with Gasteiger partial charge in [0, 0.05) is 17.8 Å². The molecule has 0 fully saturated rings. The van der Waals surface area contributed by atoms with Crippen molar-refractivity contribution in [2.24, 2.45) is 0 Å². The van der Waals surface area contributed by atoms with Gasteiger partial charge in [0.1, 0.15) is 5.75 Å². The van der Waals surface area contributed by atoms with Crippen LogP contribution in [0, 0.1) is 6.07 Å². The summed E-state index contributed by atoms with van der Waals surface area (Å²) in [5.41, 5.74) is -2.04. The summed E-state index contributed by atoms with van der Waals surface area (Å²) in [5.74, 6) is -1.40. The van der Waals surface area contributed by atoms with Crippen molar-refractivity contribution in [1.29, 1.82) is 0 Å². The third kappa shape index (κ3) is 4.54. The van der Waals surface area contributed by atoms with E-state index in [1.165, 1.54) is 30.6 Å². The van der Waals surface area contributed by atoms with E-state index >= 15 is 0 Å². The summed E-state index contributed by atoms with van der Waals surface area (Å²) in [5, 5.41) is 0. The largest absolute Gasteiger partial charge is 0.573 e. The molecule has 0 aliphatic heterocycles. The molecule has 0 bridgehead atoms. The Morgan fingerprint density at radius 3 is 2.25 bits per heavy atom. The van der Waals surface area contributed by atoms with Gasteiger partial charge in [-0.2, -0.15) is 13.2 Å². The summed E-state index contributed by atoms with van der Waals surface area (Å²) < 4.78 is 88.2. The first-order chi connectivity index (χ1) is 13.1. The Bertz CT molecular complexity index is 955. The van der Waals surface area contributed by atoms with Crippen LogP contribution in [-0.2, 0) is 6.18 Å². The molecule has 1 aromatic heterocycles. The fourth-order valence-electron chi connectivity index (χ4n) is 2.46. The maximum Gasteiger partial charge on any atom is 0.573 e. The van der Waals surface area contributed by atoms with E-state index in [4.69, 9.17) is 4.74 Å². The second-order valence-electron chi connectivity index (χ2n) is 5.43. The molecule has 0 aliphatic rings. The lowest BCUT2D eigenvalue weighted by atomic mass is 9.98. The van der Waals surface area contributed by atoms with Crippen molar-refractivity contribution in [1.82, 2.24) is 4.98 Å². The highest BCUT2D eigenvalue weighted by molar-refractivity contribution is 5.76. The Labute approximate surface area is 155 Å². The van der Waals surface area contributed by atoms with Gasteiger partial charge in [-0.25, -0.2) is 0 Å². The molecule has 3 nitrogen and oxygen atoms in total. The van der Waals surface area contributed by atoms with Crippen LogP contribution in [0.2, 0.25) is 0 Å². The van der Waals surface area contributed by atoms with Gasteiger partial charge in [0.25, 0.3) is 0 Å². The number of rotatable bonds is 4. The first-order valence-corrected chi connectivity index (χ1v) is 7.70. The van der Waals surface area contributed by atoms with Gasteiger partial charge < -0.3 is 9.47 Å². The molecule has 0 spiro atoms. The summed E-state index contributed by atoms with van der Waals surface area (Å²) in [6.07, 6.45) is -7.30. The number of aromatic nitrogens is 1. The Kier molecular flexibility index (Phi) is 5.17. The zero-order chi connectivity index (χ0) is 20.4. The molecule has 2 aromatic carbocycles.